The van der Waals surface area contributed by atoms with Crippen molar-refractivity contribution in [1.82, 2.24) is 0 Å². The normalized spacial score (nSPS) is 10.0. The molecule has 0 unspecified atom stereocenters. The van der Waals surface area contributed by atoms with Crippen LogP contribution in [0.4, 0.5) is 0 Å². The van der Waals surface area contributed by atoms with E-state index in [2.05, 4.69) is 15.9 Å². The molecule has 0 saturated heterocycles. The van der Waals surface area contributed by atoms with E-state index in [9.17, 15) is 0 Å². The predicted molar refractivity (Wildman–Crippen MR) is 71.5 cm³/mol. The van der Waals surface area contributed by atoms with Gasteiger partial charge in [-0.25, -0.2) is 0 Å². The van der Waals surface area contributed by atoms with Crippen LogP contribution in [0.25, 0.3) is 0 Å². The van der Waals surface area contributed by atoms with Crippen molar-refractivity contribution in [3.05, 3.63) is 58.6 Å². The fraction of sp³-hybridized carbons (Fsp3) is 0.143. The SMILES string of the molecule is COc1cc(Br)ccc1COc1ccccc1. The van der Waals surface area contributed by atoms with Crippen molar-refractivity contribution >= 4 is 15.9 Å². The highest BCUT2D eigenvalue weighted by Gasteiger charge is 2.04. The second kappa shape index (κ2) is 5.73. The molecule has 0 N–H and O–H groups in total. The van der Waals surface area contributed by atoms with Crippen molar-refractivity contribution in [1.29, 1.82) is 0 Å². The lowest BCUT2D eigenvalue weighted by molar-refractivity contribution is 0.296. The summed E-state index contributed by atoms with van der Waals surface area (Å²) >= 11 is 3.41. The topological polar surface area (TPSA) is 18.5 Å². The van der Waals surface area contributed by atoms with Gasteiger partial charge in [0.05, 0.1) is 7.11 Å². The molecule has 0 atom stereocenters. The van der Waals surface area contributed by atoms with Crippen LogP contribution in [-0.2, 0) is 6.61 Å². The molecule has 88 valence electrons. The number of benzene rings is 2. The highest BCUT2D eigenvalue weighted by molar-refractivity contribution is 9.10. The number of rotatable bonds is 4. The summed E-state index contributed by atoms with van der Waals surface area (Å²) in [5, 5.41) is 0. The molecule has 2 nitrogen and oxygen atoms in total. The minimum atomic E-state index is 0.500. The average Bonchev–Trinajstić information content (AvgIpc) is 2.38. The fourth-order valence-electron chi connectivity index (χ4n) is 1.52. The second-order valence-corrected chi connectivity index (χ2v) is 4.47. The van der Waals surface area contributed by atoms with E-state index in [-0.39, 0.29) is 0 Å². The number of ether oxygens (including phenoxy) is 2. The summed E-state index contributed by atoms with van der Waals surface area (Å²) in [6, 6.07) is 15.6. The van der Waals surface area contributed by atoms with Crippen LogP contribution in [0.1, 0.15) is 5.56 Å². The molecule has 0 aliphatic rings. The first kappa shape index (κ1) is 12.0. The van der Waals surface area contributed by atoms with Crippen LogP contribution in [0.2, 0.25) is 0 Å². The number of hydrogen-bond acceptors (Lipinski definition) is 2. The molecule has 0 saturated carbocycles. The Labute approximate surface area is 109 Å². The Kier molecular flexibility index (Phi) is 4.04. The summed E-state index contributed by atoms with van der Waals surface area (Å²) in [5.41, 5.74) is 1.03. The number of methoxy groups -OCH3 is 1. The second-order valence-electron chi connectivity index (χ2n) is 3.56. The van der Waals surface area contributed by atoms with Gasteiger partial charge in [0, 0.05) is 10.0 Å². The lowest BCUT2D eigenvalue weighted by Crippen LogP contribution is -1.98. The first-order chi connectivity index (χ1) is 8.29. The maximum atomic E-state index is 5.68. The average molecular weight is 293 g/mol. The molecule has 0 aliphatic carbocycles. The third-order valence-corrected chi connectivity index (χ3v) is 2.88. The van der Waals surface area contributed by atoms with Crippen LogP contribution in [0.5, 0.6) is 11.5 Å². The van der Waals surface area contributed by atoms with Gasteiger partial charge in [-0.1, -0.05) is 40.2 Å². The molecule has 0 aliphatic heterocycles. The zero-order valence-electron chi connectivity index (χ0n) is 9.52. The summed E-state index contributed by atoms with van der Waals surface area (Å²) in [5.74, 6) is 1.69. The molecule has 0 spiro atoms. The van der Waals surface area contributed by atoms with Crippen molar-refractivity contribution in [3.8, 4) is 11.5 Å². The Morgan fingerprint density at radius 3 is 2.53 bits per heavy atom. The predicted octanol–water partition coefficient (Wildman–Crippen LogP) is 4.04. The summed E-state index contributed by atoms with van der Waals surface area (Å²) in [6.45, 7) is 0.500. The third kappa shape index (κ3) is 3.24. The van der Waals surface area contributed by atoms with Crippen LogP contribution in [0.15, 0.2) is 53.0 Å². The molecule has 0 amide bonds. The van der Waals surface area contributed by atoms with Crippen LogP contribution in [0, 0.1) is 0 Å². The molecular formula is C14H13BrO2. The van der Waals surface area contributed by atoms with Gasteiger partial charge in [0.2, 0.25) is 0 Å². The van der Waals surface area contributed by atoms with Crippen molar-refractivity contribution < 1.29 is 9.47 Å². The molecule has 0 aromatic heterocycles. The number of hydrogen-bond donors (Lipinski definition) is 0. The van der Waals surface area contributed by atoms with E-state index in [1.807, 2.05) is 48.5 Å². The van der Waals surface area contributed by atoms with Gasteiger partial charge in [-0.15, -0.1) is 0 Å². The van der Waals surface area contributed by atoms with E-state index in [0.717, 1.165) is 21.5 Å². The molecule has 2 aromatic carbocycles. The Morgan fingerprint density at radius 2 is 1.82 bits per heavy atom. The van der Waals surface area contributed by atoms with Crippen molar-refractivity contribution in [2.45, 2.75) is 6.61 Å². The van der Waals surface area contributed by atoms with Crippen LogP contribution in [-0.4, -0.2) is 7.11 Å². The van der Waals surface area contributed by atoms with Gasteiger partial charge in [-0.05, 0) is 24.3 Å². The molecule has 2 rings (SSSR count). The van der Waals surface area contributed by atoms with E-state index < -0.39 is 0 Å². The van der Waals surface area contributed by atoms with Crippen LogP contribution in [0.3, 0.4) is 0 Å². The molecule has 0 fully saturated rings. The molecule has 0 radical (unpaired) electrons. The number of para-hydroxylation sites is 1. The van der Waals surface area contributed by atoms with Crippen molar-refractivity contribution in [2.75, 3.05) is 7.11 Å². The summed E-state index contributed by atoms with van der Waals surface area (Å²) in [7, 11) is 1.66. The Balaban J connectivity index is 2.09. The van der Waals surface area contributed by atoms with Gasteiger partial charge in [0.15, 0.2) is 0 Å². The minimum Gasteiger partial charge on any atom is -0.496 e. The van der Waals surface area contributed by atoms with Gasteiger partial charge in [-0.2, -0.15) is 0 Å². The zero-order valence-corrected chi connectivity index (χ0v) is 11.1. The largest absolute Gasteiger partial charge is 0.496 e. The van der Waals surface area contributed by atoms with Crippen molar-refractivity contribution in [3.63, 3.8) is 0 Å². The minimum absolute atomic E-state index is 0.500. The molecular weight excluding hydrogens is 280 g/mol. The number of halogens is 1. The van der Waals surface area contributed by atoms with Gasteiger partial charge in [0.1, 0.15) is 18.1 Å². The van der Waals surface area contributed by atoms with Gasteiger partial charge >= 0.3 is 0 Å². The van der Waals surface area contributed by atoms with E-state index >= 15 is 0 Å². The van der Waals surface area contributed by atoms with E-state index in [0.29, 0.717) is 6.61 Å². The lowest BCUT2D eigenvalue weighted by atomic mass is 10.2. The molecule has 2 aromatic rings. The van der Waals surface area contributed by atoms with E-state index in [4.69, 9.17) is 9.47 Å². The first-order valence-electron chi connectivity index (χ1n) is 5.30. The van der Waals surface area contributed by atoms with E-state index in [1.54, 1.807) is 7.11 Å². The quantitative estimate of drug-likeness (QED) is 0.847. The molecule has 0 bridgehead atoms. The van der Waals surface area contributed by atoms with Gasteiger partial charge < -0.3 is 9.47 Å². The van der Waals surface area contributed by atoms with Crippen molar-refractivity contribution in [2.24, 2.45) is 0 Å². The maximum absolute atomic E-state index is 5.68. The first-order valence-corrected chi connectivity index (χ1v) is 6.09. The monoisotopic (exact) mass is 292 g/mol. The standard InChI is InChI=1S/C14H13BrO2/c1-16-14-9-12(15)8-7-11(14)10-17-13-5-3-2-4-6-13/h2-9H,10H2,1H3. The fourth-order valence-corrected chi connectivity index (χ4v) is 1.86. The lowest BCUT2D eigenvalue weighted by Gasteiger charge is -2.10. The molecule has 3 heteroatoms. The summed E-state index contributed by atoms with van der Waals surface area (Å²) in [6.07, 6.45) is 0. The summed E-state index contributed by atoms with van der Waals surface area (Å²) < 4.78 is 12.0. The van der Waals surface area contributed by atoms with Gasteiger partial charge in [-0.3, -0.25) is 0 Å². The molecule has 0 heterocycles. The maximum Gasteiger partial charge on any atom is 0.126 e. The molecule has 17 heavy (non-hydrogen) atoms. The third-order valence-electron chi connectivity index (χ3n) is 2.39. The van der Waals surface area contributed by atoms with E-state index in [1.165, 1.54) is 0 Å². The highest BCUT2D eigenvalue weighted by Crippen LogP contribution is 2.24. The zero-order chi connectivity index (χ0) is 12.1. The summed E-state index contributed by atoms with van der Waals surface area (Å²) in [4.78, 5) is 0. The van der Waals surface area contributed by atoms with Crippen LogP contribution < -0.4 is 9.47 Å². The van der Waals surface area contributed by atoms with Gasteiger partial charge in [0.25, 0.3) is 0 Å². The Hall–Kier alpha value is -1.48. The highest BCUT2D eigenvalue weighted by atomic mass is 79.9. The smallest absolute Gasteiger partial charge is 0.126 e. The van der Waals surface area contributed by atoms with Crippen LogP contribution >= 0.6 is 15.9 Å². The Bertz CT molecular complexity index is 483. The Morgan fingerprint density at radius 1 is 1.06 bits per heavy atom.